The number of hydrogen-bond donors (Lipinski definition) is 1. The lowest BCUT2D eigenvalue weighted by Gasteiger charge is -2.18. The molecule has 0 aliphatic heterocycles. The van der Waals surface area contributed by atoms with Crippen LogP contribution in [0.4, 0.5) is 10.6 Å². The first kappa shape index (κ1) is 20.2. The summed E-state index contributed by atoms with van der Waals surface area (Å²) in [6, 6.07) is 10.2. The van der Waals surface area contributed by atoms with Crippen molar-refractivity contribution in [2.45, 2.75) is 46.0 Å². The van der Waals surface area contributed by atoms with Crippen LogP contribution in [0, 0.1) is 11.8 Å². The number of hydrogen-bond acceptors (Lipinski definition) is 4. The summed E-state index contributed by atoms with van der Waals surface area (Å²) < 4.78 is 10.8. The number of anilines is 1. The molecule has 1 fully saturated rings. The number of rotatable bonds is 8. The van der Waals surface area contributed by atoms with E-state index in [0.717, 1.165) is 23.5 Å². The molecule has 28 heavy (non-hydrogen) atoms. The molecule has 1 heterocycles. The summed E-state index contributed by atoms with van der Waals surface area (Å²) in [5.41, 5.74) is 3.39. The number of carbonyl (C=O) groups excluding carboxylic acids is 1. The average molecular weight is 383 g/mol. The van der Waals surface area contributed by atoms with Gasteiger partial charge in [-0.25, -0.2) is 9.78 Å². The highest BCUT2D eigenvalue weighted by atomic mass is 16.5. The highest BCUT2D eigenvalue weighted by Gasteiger charge is 2.27. The number of nitrogens with zero attached hydrogens (tertiary/aromatic N) is 1. The maximum absolute atomic E-state index is 11.4. The molecule has 1 N–H and O–H groups in total. The molecule has 1 aromatic carbocycles. The minimum atomic E-state index is -0.525. The second kappa shape index (κ2) is 9.09. The topological polar surface area (TPSA) is 60.5 Å². The van der Waals surface area contributed by atoms with Crippen LogP contribution >= 0.6 is 0 Å². The molecule has 1 aliphatic rings. The molecule has 1 aliphatic carbocycles. The van der Waals surface area contributed by atoms with E-state index in [4.69, 9.17) is 4.74 Å². The molecule has 2 aromatic rings. The lowest BCUT2D eigenvalue weighted by Crippen LogP contribution is -2.12. The molecule has 0 saturated heterocycles. The van der Waals surface area contributed by atoms with Gasteiger partial charge in [0, 0.05) is 6.20 Å². The minimum Gasteiger partial charge on any atom is -0.493 e. The van der Waals surface area contributed by atoms with Crippen LogP contribution in [0.5, 0.6) is 5.75 Å². The summed E-state index contributed by atoms with van der Waals surface area (Å²) in [6.45, 7) is 7.50. The standard InChI is InChI=1S/C23H30N2O3/c1-15(2)11-16(3)14-28-21-8-7-18(12-20(21)17-5-6-17)19-9-10-24-22(13-19)25-23(26)27-4/h7-10,12-13,15-17H,5-6,11,14H2,1-4H3,(H,24,25,26)/t16-/m1/s1. The molecule has 0 spiro atoms. The number of benzene rings is 1. The van der Waals surface area contributed by atoms with Crippen molar-refractivity contribution in [3.05, 3.63) is 42.1 Å². The third kappa shape index (κ3) is 5.47. The Bertz CT molecular complexity index is 815. The van der Waals surface area contributed by atoms with Crippen molar-refractivity contribution in [2.24, 2.45) is 11.8 Å². The Morgan fingerprint density at radius 1 is 1.18 bits per heavy atom. The first-order valence-electron chi connectivity index (χ1n) is 10.0. The molecule has 3 rings (SSSR count). The highest BCUT2D eigenvalue weighted by molar-refractivity contribution is 5.84. The van der Waals surface area contributed by atoms with E-state index in [2.05, 4.69) is 54.0 Å². The zero-order chi connectivity index (χ0) is 20.1. The lowest BCUT2D eigenvalue weighted by molar-refractivity contribution is 0.187. The Labute approximate surface area is 167 Å². The zero-order valence-corrected chi connectivity index (χ0v) is 17.2. The number of pyridine rings is 1. The predicted molar refractivity (Wildman–Crippen MR) is 112 cm³/mol. The van der Waals surface area contributed by atoms with E-state index < -0.39 is 6.09 Å². The molecule has 150 valence electrons. The Kier molecular flexibility index (Phi) is 6.55. The maximum atomic E-state index is 11.4. The summed E-state index contributed by atoms with van der Waals surface area (Å²) in [4.78, 5) is 15.6. The number of aromatic nitrogens is 1. The normalized spacial score (nSPS) is 14.6. The molecule has 0 radical (unpaired) electrons. The highest BCUT2D eigenvalue weighted by Crippen LogP contribution is 2.45. The van der Waals surface area contributed by atoms with Gasteiger partial charge in [-0.15, -0.1) is 0 Å². The van der Waals surface area contributed by atoms with Crippen molar-refractivity contribution in [1.29, 1.82) is 0 Å². The van der Waals surface area contributed by atoms with E-state index >= 15 is 0 Å². The summed E-state index contributed by atoms with van der Waals surface area (Å²) in [6.07, 6.45) is 4.77. The average Bonchev–Trinajstić information content (AvgIpc) is 3.51. The van der Waals surface area contributed by atoms with Crippen molar-refractivity contribution in [2.75, 3.05) is 19.0 Å². The summed E-state index contributed by atoms with van der Waals surface area (Å²) in [5.74, 6) is 3.29. The SMILES string of the molecule is COC(=O)Nc1cc(-c2ccc(OC[C@H](C)CC(C)C)c(C3CC3)c2)ccn1. The van der Waals surface area contributed by atoms with Gasteiger partial charge in [-0.1, -0.05) is 26.8 Å². The van der Waals surface area contributed by atoms with Crippen molar-refractivity contribution >= 4 is 11.9 Å². The quantitative estimate of drug-likeness (QED) is 0.621. The zero-order valence-electron chi connectivity index (χ0n) is 17.2. The molecule has 1 amide bonds. The molecular formula is C23H30N2O3. The molecular weight excluding hydrogens is 352 g/mol. The van der Waals surface area contributed by atoms with E-state index in [9.17, 15) is 4.79 Å². The lowest BCUT2D eigenvalue weighted by atomic mass is 9.99. The van der Waals surface area contributed by atoms with Gasteiger partial charge in [-0.2, -0.15) is 0 Å². The summed E-state index contributed by atoms with van der Waals surface area (Å²) in [5, 5.41) is 2.61. The number of ether oxygens (including phenoxy) is 2. The van der Waals surface area contributed by atoms with E-state index in [1.165, 1.54) is 31.9 Å². The van der Waals surface area contributed by atoms with Crippen LogP contribution in [-0.4, -0.2) is 24.8 Å². The summed E-state index contributed by atoms with van der Waals surface area (Å²) >= 11 is 0. The van der Waals surface area contributed by atoms with Gasteiger partial charge >= 0.3 is 6.09 Å². The van der Waals surface area contributed by atoms with Gasteiger partial charge in [-0.3, -0.25) is 5.32 Å². The Balaban J connectivity index is 1.78. The number of carbonyl (C=O) groups is 1. The van der Waals surface area contributed by atoms with Gasteiger partial charge in [-0.05, 0) is 78.0 Å². The molecule has 1 aromatic heterocycles. The van der Waals surface area contributed by atoms with Crippen molar-refractivity contribution in [1.82, 2.24) is 4.98 Å². The monoisotopic (exact) mass is 382 g/mol. The first-order valence-corrected chi connectivity index (χ1v) is 10.0. The number of amides is 1. The van der Waals surface area contributed by atoms with Gasteiger partial charge in [0.05, 0.1) is 13.7 Å². The van der Waals surface area contributed by atoms with Gasteiger partial charge < -0.3 is 9.47 Å². The van der Waals surface area contributed by atoms with Crippen LogP contribution in [-0.2, 0) is 4.74 Å². The Morgan fingerprint density at radius 3 is 2.61 bits per heavy atom. The fourth-order valence-electron chi connectivity index (χ4n) is 3.51. The maximum Gasteiger partial charge on any atom is 0.412 e. The van der Waals surface area contributed by atoms with Crippen molar-refractivity contribution in [3.8, 4) is 16.9 Å². The largest absolute Gasteiger partial charge is 0.493 e. The van der Waals surface area contributed by atoms with Crippen LogP contribution in [0.25, 0.3) is 11.1 Å². The predicted octanol–water partition coefficient (Wildman–Crippen LogP) is 5.87. The van der Waals surface area contributed by atoms with E-state index in [-0.39, 0.29) is 0 Å². The fraction of sp³-hybridized carbons (Fsp3) is 0.478. The molecule has 1 saturated carbocycles. The van der Waals surface area contributed by atoms with Gasteiger partial charge in [0.1, 0.15) is 11.6 Å². The molecule has 0 bridgehead atoms. The van der Waals surface area contributed by atoms with Crippen molar-refractivity contribution < 1.29 is 14.3 Å². The Hall–Kier alpha value is -2.56. The molecule has 5 nitrogen and oxygen atoms in total. The van der Waals surface area contributed by atoms with Gasteiger partial charge in [0.25, 0.3) is 0 Å². The summed E-state index contributed by atoms with van der Waals surface area (Å²) in [7, 11) is 1.34. The van der Waals surface area contributed by atoms with Crippen LogP contribution < -0.4 is 10.1 Å². The first-order chi connectivity index (χ1) is 13.5. The van der Waals surface area contributed by atoms with Gasteiger partial charge in [0.2, 0.25) is 0 Å². The van der Waals surface area contributed by atoms with Gasteiger partial charge in [0.15, 0.2) is 0 Å². The van der Waals surface area contributed by atoms with Crippen molar-refractivity contribution in [3.63, 3.8) is 0 Å². The number of methoxy groups -OCH3 is 1. The number of nitrogens with one attached hydrogen (secondary N) is 1. The van der Waals surface area contributed by atoms with E-state index in [1.807, 2.05) is 12.1 Å². The van der Waals surface area contributed by atoms with Crippen LogP contribution in [0.3, 0.4) is 0 Å². The van der Waals surface area contributed by atoms with Crippen LogP contribution in [0.2, 0.25) is 0 Å². The Morgan fingerprint density at radius 2 is 1.93 bits per heavy atom. The fourth-order valence-corrected chi connectivity index (χ4v) is 3.51. The molecule has 5 heteroatoms. The third-order valence-electron chi connectivity index (χ3n) is 4.93. The second-order valence-corrected chi connectivity index (χ2v) is 8.12. The minimum absolute atomic E-state index is 0.472. The molecule has 1 atom stereocenters. The van der Waals surface area contributed by atoms with Crippen LogP contribution in [0.1, 0.15) is 51.5 Å². The molecule has 0 unspecified atom stereocenters. The smallest absolute Gasteiger partial charge is 0.412 e. The third-order valence-corrected chi connectivity index (χ3v) is 4.93. The van der Waals surface area contributed by atoms with Crippen LogP contribution in [0.15, 0.2) is 36.5 Å². The second-order valence-electron chi connectivity index (χ2n) is 8.12. The van der Waals surface area contributed by atoms with E-state index in [0.29, 0.717) is 23.6 Å². The van der Waals surface area contributed by atoms with E-state index in [1.54, 1.807) is 6.20 Å².